The molecule has 1 atom stereocenters. The van der Waals surface area contributed by atoms with Gasteiger partial charge >= 0.3 is 0 Å². The molecule has 0 bridgehead atoms. The monoisotopic (exact) mass is 288 g/mol. The van der Waals surface area contributed by atoms with Crippen LogP contribution in [0, 0.1) is 10.1 Å². The van der Waals surface area contributed by atoms with Crippen molar-refractivity contribution in [2.45, 2.75) is 10.9 Å². The fraction of sp³-hybridized carbons (Fsp3) is 0.333. The number of benzene rings is 1. The molecule has 1 aliphatic rings. The molecule has 0 aromatic heterocycles. The number of sulfonamides is 1. The summed E-state index contributed by atoms with van der Waals surface area (Å²) in [5.74, 6) is 0. The van der Waals surface area contributed by atoms with Crippen LogP contribution in [0.3, 0.4) is 0 Å². The number of hydrogen-bond donors (Lipinski definition) is 4. The quantitative estimate of drug-likeness (QED) is 0.430. The van der Waals surface area contributed by atoms with Gasteiger partial charge in [-0.15, -0.1) is 0 Å². The summed E-state index contributed by atoms with van der Waals surface area (Å²) in [5.41, 5.74) is -0.00204. The predicted molar refractivity (Wildman–Crippen MR) is 67.5 cm³/mol. The number of nitro groups is 1. The van der Waals surface area contributed by atoms with Gasteiger partial charge in [0.15, 0.2) is 0 Å². The predicted octanol–water partition coefficient (Wildman–Crippen LogP) is -0.560. The lowest BCUT2D eigenvalue weighted by atomic mass is 10.1. The number of fused-ring (bicyclic) bond motifs is 1. The van der Waals surface area contributed by atoms with E-state index in [1.54, 1.807) is 0 Å². The average Bonchev–Trinajstić information content (AvgIpc) is 2.35. The summed E-state index contributed by atoms with van der Waals surface area (Å²) >= 11 is 0. The molecule has 5 N–H and O–H groups in total. The molecule has 0 saturated carbocycles. The molecule has 2 rings (SSSR count). The first-order chi connectivity index (χ1) is 8.82. The number of nitrogens with zero attached hydrogens (tertiary/aromatic N) is 1. The molecule has 0 amide bonds. The molecule has 0 radical (unpaired) electrons. The summed E-state index contributed by atoms with van der Waals surface area (Å²) in [5, 5.41) is 30.6. The molecule has 10 heteroatoms. The largest absolute Gasteiger partial charge is 0.394 e. The Kier molecular flexibility index (Phi) is 3.30. The average molecular weight is 288 g/mol. The minimum Gasteiger partial charge on any atom is -0.394 e. The van der Waals surface area contributed by atoms with Crippen LogP contribution in [0.1, 0.15) is 0 Å². The first-order valence-electron chi connectivity index (χ1n) is 5.29. The molecular weight excluding hydrogens is 276 g/mol. The minimum absolute atomic E-state index is 0.141. The highest BCUT2D eigenvalue weighted by Crippen LogP contribution is 2.37. The molecule has 1 heterocycles. The Morgan fingerprint density at radius 1 is 1.53 bits per heavy atom. The van der Waals surface area contributed by atoms with E-state index in [1.807, 2.05) is 0 Å². The fourth-order valence-corrected chi connectivity index (χ4v) is 2.36. The zero-order valence-electron chi connectivity index (χ0n) is 9.66. The van der Waals surface area contributed by atoms with Gasteiger partial charge in [-0.05, 0) is 6.07 Å². The molecular formula is C9H12N4O5S. The number of aliphatic hydroxyl groups is 1. The number of nitrogens with one attached hydrogen (secondary N) is 2. The number of hydrogen-bond acceptors (Lipinski definition) is 7. The van der Waals surface area contributed by atoms with Crippen LogP contribution < -0.4 is 15.8 Å². The van der Waals surface area contributed by atoms with Crippen molar-refractivity contribution < 1.29 is 18.4 Å². The van der Waals surface area contributed by atoms with Gasteiger partial charge in [-0.1, -0.05) is 0 Å². The van der Waals surface area contributed by atoms with Gasteiger partial charge in [0.05, 0.1) is 28.2 Å². The lowest BCUT2D eigenvalue weighted by Crippen LogP contribution is -2.36. The van der Waals surface area contributed by atoms with Gasteiger partial charge in [0.2, 0.25) is 10.0 Å². The molecule has 0 aliphatic carbocycles. The van der Waals surface area contributed by atoms with Gasteiger partial charge in [0, 0.05) is 12.6 Å². The normalized spacial score (nSPS) is 18.1. The highest BCUT2D eigenvalue weighted by atomic mass is 32.2. The van der Waals surface area contributed by atoms with E-state index < -0.39 is 20.6 Å². The van der Waals surface area contributed by atoms with Crippen molar-refractivity contribution in [3.63, 3.8) is 0 Å². The highest BCUT2D eigenvalue weighted by molar-refractivity contribution is 7.89. The van der Waals surface area contributed by atoms with Crippen molar-refractivity contribution in [1.82, 2.24) is 0 Å². The van der Waals surface area contributed by atoms with Crippen molar-refractivity contribution in [3.8, 4) is 0 Å². The van der Waals surface area contributed by atoms with Gasteiger partial charge < -0.3 is 15.7 Å². The summed E-state index contributed by atoms with van der Waals surface area (Å²) in [7, 11) is -4.03. The van der Waals surface area contributed by atoms with Crippen LogP contribution in [-0.4, -0.2) is 37.6 Å². The van der Waals surface area contributed by atoms with Crippen LogP contribution >= 0.6 is 0 Å². The summed E-state index contributed by atoms with van der Waals surface area (Å²) in [6, 6.07) is 1.73. The Morgan fingerprint density at radius 2 is 2.21 bits per heavy atom. The van der Waals surface area contributed by atoms with Gasteiger partial charge in [0.1, 0.15) is 5.69 Å². The maximum absolute atomic E-state index is 11.3. The van der Waals surface area contributed by atoms with Gasteiger partial charge in [-0.2, -0.15) is 0 Å². The van der Waals surface area contributed by atoms with Crippen molar-refractivity contribution in [3.05, 3.63) is 22.2 Å². The summed E-state index contributed by atoms with van der Waals surface area (Å²) in [6.45, 7) is 0.106. The zero-order chi connectivity index (χ0) is 14.2. The van der Waals surface area contributed by atoms with Crippen LogP contribution in [0.5, 0.6) is 0 Å². The molecule has 1 aromatic carbocycles. The lowest BCUT2D eigenvalue weighted by molar-refractivity contribution is -0.384. The second-order valence-corrected chi connectivity index (χ2v) is 5.63. The second kappa shape index (κ2) is 4.64. The number of nitrogens with two attached hydrogens (primary N) is 1. The zero-order valence-corrected chi connectivity index (χ0v) is 10.5. The summed E-state index contributed by atoms with van der Waals surface area (Å²) in [6.07, 6.45) is 0. The van der Waals surface area contributed by atoms with Crippen molar-refractivity contribution >= 4 is 27.1 Å². The summed E-state index contributed by atoms with van der Waals surface area (Å²) < 4.78 is 22.6. The smallest absolute Gasteiger partial charge is 0.295 e. The maximum atomic E-state index is 11.3. The van der Waals surface area contributed by atoms with E-state index in [9.17, 15) is 18.5 Å². The SMILES string of the molecule is NS(=O)(=O)c1cc2c(c([N+](=O)[O-])c1)N[C@H](CO)CN2. The van der Waals surface area contributed by atoms with E-state index in [4.69, 9.17) is 10.2 Å². The number of primary sulfonamides is 1. The minimum atomic E-state index is -4.03. The third-order valence-corrected chi connectivity index (χ3v) is 3.62. The molecule has 1 aromatic rings. The maximum Gasteiger partial charge on any atom is 0.295 e. The van der Waals surface area contributed by atoms with E-state index >= 15 is 0 Å². The molecule has 19 heavy (non-hydrogen) atoms. The first kappa shape index (κ1) is 13.5. The molecule has 0 unspecified atom stereocenters. The lowest BCUT2D eigenvalue weighted by Gasteiger charge is -2.26. The van der Waals surface area contributed by atoms with Crippen molar-refractivity contribution in [2.24, 2.45) is 5.14 Å². The molecule has 9 nitrogen and oxygen atoms in total. The first-order valence-corrected chi connectivity index (χ1v) is 6.84. The van der Waals surface area contributed by atoms with E-state index in [1.165, 1.54) is 6.07 Å². The topological polar surface area (TPSA) is 148 Å². The van der Waals surface area contributed by atoms with E-state index in [2.05, 4.69) is 10.6 Å². The van der Waals surface area contributed by atoms with E-state index in [-0.39, 0.29) is 28.9 Å². The Balaban J connectivity index is 2.60. The molecule has 1 aliphatic heterocycles. The number of nitro benzene ring substituents is 1. The van der Waals surface area contributed by atoms with Crippen LogP contribution in [-0.2, 0) is 10.0 Å². The third kappa shape index (κ3) is 2.59. The molecule has 0 spiro atoms. The summed E-state index contributed by atoms with van der Waals surface area (Å²) in [4.78, 5) is 9.94. The van der Waals surface area contributed by atoms with Crippen molar-refractivity contribution in [1.29, 1.82) is 0 Å². The van der Waals surface area contributed by atoms with E-state index in [0.29, 0.717) is 6.54 Å². The fourth-order valence-electron chi connectivity index (χ4n) is 1.80. The standard InChI is InChI=1S/C9H12N4O5S/c10-19(17,18)6-1-7-9(8(2-6)13(15)16)12-5(4-14)3-11-7/h1-2,5,11-12,14H,3-4H2,(H2,10,17,18)/t5-/m0/s1. The van der Waals surface area contributed by atoms with Gasteiger partial charge in [-0.3, -0.25) is 10.1 Å². The molecule has 0 fully saturated rings. The number of anilines is 2. The van der Waals surface area contributed by atoms with Crippen LogP contribution in [0.4, 0.5) is 17.1 Å². The Hall–Kier alpha value is -1.91. The highest BCUT2D eigenvalue weighted by Gasteiger charge is 2.28. The Morgan fingerprint density at radius 3 is 2.74 bits per heavy atom. The second-order valence-electron chi connectivity index (χ2n) is 4.07. The van der Waals surface area contributed by atoms with Crippen LogP contribution in [0.2, 0.25) is 0 Å². The molecule has 104 valence electrons. The van der Waals surface area contributed by atoms with Crippen molar-refractivity contribution in [2.75, 3.05) is 23.8 Å². The van der Waals surface area contributed by atoms with Gasteiger partial charge in [0.25, 0.3) is 5.69 Å². The van der Waals surface area contributed by atoms with Gasteiger partial charge in [-0.25, -0.2) is 13.6 Å². The Labute approximate surface area is 108 Å². The third-order valence-electron chi connectivity index (χ3n) is 2.72. The number of aliphatic hydroxyl groups excluding tert-OH is 1. The van der Waals surface area contributed by atoms with Crippen LogP contribution in [0.15, 0.2) is 17.0 Å². The van der Waals surface area contributed by atoms with E-state index in [0.717, 1.165) is 6.07 Å². The molecule has 0 saturated heterocycles. The number of rotatable bonds is 3. The van der Waals surface area contributed by atoms with Crippen LogP contribution in [0.25, 0.3) is 0 Å². The Bertz CT molecular complexity index is 630.